The number of fused-ring (bicyclic) bond motifs is 1. The van der Waals surface area contributed by atoms with Crippen LogP contribution in [0.2, 0.25) is 0 Å². The van der Waals surface area contributed by atoms with Crippen molar-refractivity contribution < 1.29 is 8.63 Å². The molecule has 4 heterocycles. The van der Waals surface area contributed by atoms with Gasteiger partial charge in [0.05, 0.1) is 11.6 Å². The molecule has 2 atom stereocenters. The Labute approximate surface area is 191 Å². The van der Waals surface area contributed by atoms with E-state index in [0.717, 1.165) is 36.2 Å². The summed E-state index contributed by atoms with van der Waals surface area (Å²) < 4.78 is 21.7. The number of aryl methyl sites for hydroxylation is 2. The third kappa shape index (κ3) is 3.79. The van der Waals surface area contributed by atoms with Crippen molar-refractivity contribution in [3.63, 3.8) is 0 Å². The van der Waals surface area contributed by atoms with Crippen LogP contribution in [-0.4, -0.2) is 58.5 Å². The highest BCUT2D eigenvalue weighted by Gasteiger charge is 2.29. The molecule has 1 N–H and O–H groups in total. The third-order valence-electron chi connectivity index (χ3n) is 6.14. The first-order valence-electron chi connectivity index (χ1n) is 10.8. The van der Waals surface area contributed by atoms with Crippen LogP contribution in [-0.2, 0) is 9.71 Å². The lowest BCUT2D eigenvalue weighted by molar-refractivity contribution is 0.296. The summed E-state index contributed by atoms with van der Waals surface area (Å²) in [6.07, 6.45) is 3.35. The van der Waals surface area contributed by atoms with E-state index in [0.29, 0.717) is 23.8 Å². The van der Waals surface area contributed by atoms with E-state index in [2.05, 4.69) is 21.2 Å². The van der Waals surface area contributed by atoms with Gasteiger partial charge in [-0.15, -0.1) is 10.2 Å². The molecule has 1 saturated heterocycles. The van der Waals surface area contributed by atoms with Crippen molar-refractivity contribution in [2.45, 2.75) is 32.6 Å². The van der Waals surface area contributed by atoms with Gasteiger partial charge in [-0.25, -0.2) is 13.8 Å². The molecule has 33 heavy (non-hydrogen) atoms. The molecule has 3 aromatic heterocycles. The Kier molecular flexibility index (Phi) is 5.21. The van der Waals surface area contributed by atoms with Crippen LogP contribution in [0.4, 0.5) is 0 Å². The van der Waals surface area contributed by atoms with E-state index in [1.54, 1.807) is 13.2 Å². The van der Waals surface area contributed by atoms with Gasteiger partial charge in [-0.3, -0.25) is 14.1 Å². The molecule has 1 aromatic carbocycles. The van der Waals surface area contributed by atoms with Crippen LogP contribution >= 0.6 is 0 Å². The molecule has 0 spiro atoms. The van der Waals surface area contributed by atoms with Crippen molar-refractivity contribution in [2.75, 3.05) is 19.3 Å². The number of hydrogen-bond donors (Lipinski definition) is 1. The van der Waals surface area contributed by atoms with Gasteiger partial charge >= 0.3 is 0 Å². The van der Waals surface area contributed by atoms with Crippen LogP contribution < -0.4 is 5.56 Å². The Bertz CT molecular complexity index is 1500. The van der Waals surface area contributed by atoms with Crippen molar-refractivity contribution >= 4 is 21.2 Å². The van der Waals surface area contributed by atoms with Crippen molar-refractivity contribution in [1.82, 2.24) is 29.1 Å². The second kappa shape index (κ2) is 7.96. The Morgan fingerprint density at radius 2 is 1.94 bits per heavy atom. The average molecular weight is 467 g/mol. The van der Waals surface area contributed by atoms with Crippen LogP contribution in [0.15, 0.2) is 39.5 Å². The largest absolute Gasteiger partial charge is 0.420 e. The molecule has 0 bridgehead atoms. The summed E-state index contributed by atoms with van der Waals surface area (Å²) in [6.45, 7) is 4.95. The van der Waals surface area contributed by atoms with Crippen molar-refractivity contribution in [1.29, 1.82) is 0 Å². The molecule has 0 aliphatic carbocycles. The summed E-state index contributed by atoms with van der Waals surface area (Å²) in [5.74, 6) is 4.32. The van der Waals surface area contributed by atoms with Crippen molar-refractivity contribution in [3.05, 3.63) is 58.0 Å². The lowest BCUT2D eigenvalue weighted by Gasteiger charge is -2.31. The molecule has 5 rings (SSSR count). The smallest absolute Gasteiger partial charge is 0.285 e. The molecule has 0 amide bonds. The fourth-order valence-corrected chi connectivity index (χ4v) is 5.49. The van der Waals surface area contributed by atoms with E-state index in [1.165, 1.54) is 4.52 Å². The normalized spacial score (nSPS) is 19.1. The number of nitrogens with one attached hydrogen (secondary N) is 1. The SMILES string of the molecule is C=S(C)(=O)N1CCCC(c2nnc(-c3c(C)nc4c(-c5ccccc5)c(C)[nH]n4c3=O)o2)C1. The number of nitrogens with zero attached hydrogens (tertiary/aromatic N) is 5. The van der Waals surface area contributed by atoms with Crippen molar-refractivity contribution in [3.8, 4) is 22.6 Å². The number of benzene rings is 1. The lowest BCUT2D eigenvalue weighted by Crippen LogP contribution is -2.38. The highest BCUT2D eigenvalue weighted by atomic mass is 32.2. The van der Waals surface area contributed by atoms with Gasteiger partial charge in [0.25, 0.3) is 11.4 Å². The molecule has 10 heteroatoms. The number of hydrogen-bond acceptors (Lipinski definition) is 6. The zero-order valence-corrected chi connectivity index (χ0v) is 19.7. The molecule has 1 aliphatic rings. The van der Waals surface area contributed by atoms with E-state index >= 15 is 0 Å². The van der Waals surface area contributed by atoms with Gasteiger partial charge in [-0.1, -0.05) is 30.3 Å². The molecule has 2 unspecified atom stereocenters. The number of rotatable bonds is 4. The Balaban J connectivity index is 1.56. The number of piperidine rings is 1. The van der Waals surface area contributed by atoms with Crippen LogP contribution in [0.5, 0.6) is 0 Å². The van der Waals surface area contributed by atoms with Crippen LogP contribution in [0.3, 0.4) is 0 Å². The van der Waals surface area contributed by atoms with Gasteiger partial charge < -0.3 is 4.42 Å². The van der Waals surface area contributed by atoms with Crippen molar-refractivity contribution in [2.24, 2.45) is 0 Å². The monoisotopic (exact) mass is 466 g/mol. The maximum atomic E-state index is 13.4. The molecule has 172 valence electrons. The quantitative estimate of drug-likeness (QED) is 0.463. The summed E-state index contributed by atoms with van der Waals surface area (Å²) in [5, 5.41) is 11.5. The third-order valence-corrected chi connectivity index (χ3v) is 7.56. The van der Waals surface area contributed by atoms with Gasteiger partial charge in [0, 0.05) is 40.3 Å². The predicted octanol–water partition coefficient (Wildman–Crippen LogP) is 2.80. The minimum absolute atomic E-state index is 0.0558. The average Bonchev–Trinajstić information content (AvgIpc) is 3.39. The van der Waals surface area contributed by atoms with Crippen LogP contribution in [0.25, 0.3) is 28.2 Å². The highest BCUT2D eigenvalue weighted by molar-refractivity contribution is 7.97. The summed E-state index contributed by atoms with van der Waals surface area (Å²) >= 11 is 0. The molecule has 1 aliphatic heterocycles. The Morgan fingerprint density at radius 1 is 1.18 bits per heavy atom. The fraction of sp³-hybridized carbons (Fsp3) is 0.348. The first-order valence-corrected chi connectivity index (χ1v) is 12.9. The van der Waals surface area contributed by atoms with Gasteiger partial charge in [0.2, 0.25) is 5.89 Å². The van der Waals surface area contributed by atoms with Gasteiger partial charge in [-0.05, 0) is 38.1 Å². The second-order valence-electron chi connectivity index (χ2n) is 8.65. The van der Waals surface area contributed by atoms with E-state index in [1.807, 2.05) is 41.6 Å². The van der Waals surface area contributed by atoms with Gasteiger partial charge in [0.1, 0.15) is 5.56 Å². The zero-order valence-electron chi connectivity index (χ0n) is 18.9. The fourth-order valence-electron chi connectivity index (χ4n) is 4.48. The van der Waals surface area contributed by atoms with E-state index < -0.39 is 9.71 Å². The standard InChI is InChI=1S/C23H26N6O3S/c1-14-19(22-26-25-21(32-22)17-11-8-12-28(13-17)33(3,4)31)23(30)29-20(24-14)18(15(2)27-29)16-9-6-5-7-10-16/h5-7,9-10,17,27H,3,8,11-13H2,1-2,4H3. The Hall–Kier alpha value is -3.24. The summed E-state index contributed by atoms with van der Waals surface area (Å²) in [7, 11) is -2.30. The Morgan fingerprint density at radius 3 is 2.67 bits per heavy atom. The summed E-state index contributed by atoms with van der Waals surface area (Å²) in [4.78, 5) is 18.2. The molecule has 9 nitrogen and oxygen atoms in total. The lowest BCUT2D eigenvalue weighted by atomic mass is 10.00. The van der Waals surface area contributed by atoms with E-state index in [9.17, 15) is 9.00 Å². The zero-order chi connectivity index (χ0) is 23.3. The minimum atomic E-state index is -2.30. The number of H-pyrrole nitrogens is 1. The second-order valence-corrected chi connectivity index (χ2v) is 11.1. The number of aromatic nitrogens is 5. The molecular weight excluding hydrogens is 440 g/mol. The topological polar surface area (TPSA) is 109 Å². The maximum Gasteiger partial charge on any atom is 0.285 e. The van der Waals surface area contributed by atoms with E-state index in [-0.39, 0.29) is 22.9 Å². The minimum Gasteiger partial charge on any atom is -0.420 e. The predicted molar refractivity (Wildman–Crippen MR) is 129 cm³/mol. The van der Waals surface area contributed by atoms with Crippen LogP contribution in [0.1, 0.15) is 36.0 Å². The molecule has 4 aromatic rings. The van der Waals surface area contributed by atoms with Crippen LogP contribution in [0, 0.1) is 13.8 Å². The van der Waals surface area contributed by atoms with E-state index in [4.69, 9.17) is 9.40 Å². The maximum absolute atomic E-state index is 13.4. The summed E-state index contributed by atoms with van der Waals surface area (Å²) in [5.41, 5.74) is 3.76. The first kappa shape index (κ1) is 21.6. The first-order chi connectivity index (χ1) is 15.7. The number of aromatic amines is 1. The molecule has 0 saturated carbocycles. The molecule has 1 fully saturated rings. The summed E-state index contributed by atoms with van der Waals surface area (Å²) in [6, 6.07) is 9.84. The van der Waals surface area contributed by atoms with Gasteiger partial charge in [0.15, 0.2) is 5.65 Å². The highest BCUT2D eigenvalue weighted by Crippen LogP contribution is 2.31. The van der Waals surface area contributed by atoms with Gasteiger partial charge in [-0.2, -0.15) is 0 Å². The molecular formula is C23H26N6O3S. The molecule has 0 radical (unpaired) electrons.